The summed E-state index contributed by atoms with van der Waals surface area (Å²) < 4.78 is 44.7. The molecule has 1 heterocycles. The van der Waals surface area contributed by atoms with E-state index in [4.69, 9.17) is 14.6 Å². The molecule has 1 aliphatic rings. The molecule has 1 aliphatic heterocycles. The monoisotopic (exact) mass is 958 g/mol. The van der Waals surface area contributed by atoms with Gasteiger partial charge < -0.3 is 35.0 Å². The van der Waals surface area contributed by atoms with E-state index in [1.165, 1.54) is 19.2 Å². The number of rotatable bonds is 28. The Kier molecular flexibility index (Phi) is 22.9. The molecule has 0 aliphatic carbocycles. The Morgan fingerprint density at radius 3 is 2.04 bits per heavy atom. The normalized spacial score (nSPS) is 17.9. The highest BCUT2D eigenvalue weighted by Crippen LogP contribution is 2.30. The fraction of sp³-hybridized carbons (Fsp3) is 0.660. The van der Waals surface area contributed by atoms with E-state index in [9.17, 15) is 36.9 Å². The molecule has 9 atom stereocenters. The summed E-state index contributed by atoms with van der Waals surface area (Å²) in [6.45, 7) is 14.3. The van der Waals surface area contributed by atoms with Gasteiger partial charge in [0.25, 0.3) is 10.1 Å². The van der Waals surface area contributed by atoms with Crippen LogP contribution in [0.25, 0.3) is 0 Å². The minimum absolute atomic E-state index is 0.0149. The molecule has 17 heteroatoms. The summed E-state index contributed by atoms with van der Waals surface area (Å²) >= 11 is 0. The van der Waals surface area contributed by atoms with Crippen molar-refractivity contribution in [1.82, 2.24) is 25.3 Å². The van der Waals surface area contributed by atoms with E-state index in [1.807, 2.05) is 76.8 Å². The quantitative estimate of drug-likeness (QED) is 0.0782. The van der Waals surface area contributed by atoms with Gasteiger partial charge in [-0.1, -0.05) is 97.4 Å². The molecule has 1 fully saturated rings. The summed E-state index contributed by atoms with van der Waals surface area (Å²) in [6.07, 6.45) is 2.66. The molecule has 2 aromatic rings. The number of hydrogen-bond acceptors (Lipinski definition) is 10. The van der Waals surface area contributed by atoms with Crippen LogP contribution in [0.15, 0.2) is 59.5 Å². The third-order valence-electron chi connectivity index (χ3n) is 13.4. The van der Waals surface area contributed by atoms with Gasteiger partial charge in [-0.25, -0.2) is 0 Å². The molecule has 0 radical (unpaired) electrons. The maximum absolute atomic E-state index is 14.5. The van der Waals surface area contributed by atoms with E-state index in [-0.39, 0.29) is 65.2 Å². The smallest absolute Gasteiger partial charge is 0.303 e. The van der Waals surface area contributed by atoms with Gasteiger partial charge in [0.15, 0.2) is 0 Å². The van der Waals surface area contributed by atoms with Crippen molar-refractivity contribution in [3.63, 3.8) is 0 Å². The molecule has 67 heavy (non-hydrogen) atoms. The minimum atomic E-state index is -4.32. The van der Waals surface area contributed by atoms with Crippen LogP contribution in [0.5, 0.6) is 0 Å². The van der Waals surface area contributed by atoms with Crippen molar-refractivity contribution in [2.45, 2.75) is 154 Å². The fourth-order valence-corrected chi connectivity index (χ4v) is 10.0. The number of nitrogens with one attached hydrogen (secondary N) is 2. The van der Waals surface area contributed by atoms with Gasteiger partial charge in [0, 0.05) is 40.3 Å². The van der Waals surface area contributed by atoms with Crippen LogP contribution >= 0.6 is 0 Å². The average Bonchev–Trinajstić information content (AvgIpc) is 3.76. The van der Waals surface area contributed by atoms with Gasteiger partial charge in [0.1, 0.15) is 6.04 Å². The first kappa shape index (κ1) is 56.9. The van der Waals surface area contributed by atoms with Crippen LogP contribution in [0, 0.1) is 23.7 Å². The lowest BCUT2D eigenvalue weighted by molar-refractivity contribution is -0.148. The van der Waals surface area contributed by atoms with E-state index in [2.05, 4.69) is 10.6 Å². The lowest BCUT2D eigenvalue weighted by Crippen LogP contribution is -2.60. The third-order valence-corrected chi connectivity index (χ3v) is 14.3. The van der Waals surface area contributed by atoms with E-state index >= 15 is 0 Å². The average molecular weight is 958 g/mol. The second-order valence-electron chi connectivity index (χ2n) is 19.0. The number of nitrogens with zero attached hydrogens (tertiary/aromatic N) is 3. The van der Waals surface area contributed by atoms with E-state index in [0.29, 0.717) is 58.0 Å². The summed E-state index contributed by atoms with van der Waals surface area (Å²) in [5, 5.41) is 15.4. The van der Waals surface area contributed by atoms with Crippen molar-refractivity contribution >= 4 is 39.7 Å². The van der Waals surface area contributed by atoms with Gasteiger partial charge in [0.2, 0.25) is 23.6 Å². The minimum Gasteiger partial charge on any atom is -0.481 e. The highest BCUT2D eigenvalue weighted by atomic mass is 32.2. The van der Waals surface area contributed by atoms with E-state index in [0.717, 1.165) is 11.1 Å². The zero-order valence-electron chi connectivity index (χ0n) is 41.6. The molecule has 2 aromatic carbocycles. The Labute approximate surface area is 399 Å². The maximum atomic E-state index is 14.5. The second-order valence-corrected chi connectivity index (χ2v) is 20.5. The van der Waals surface area contributed by atoms with Crippen LogP contribution in [0.1, 0.15) is 105 Å². The van der Waals surface area contributed by atoms with Crippen molar-refractivity contribution in [2.24, 2.45) is 23.7 Å². The number of hydrogen-bond donors (Lipinski definition) is 4. The molecule has 376 valence electrons. The van der Waals surface area contributed by atoms with Crippen LogP contribution in [0.4, 0.5) is 0 Å². The van der Waals surface area contributed by atoms with Gasteiger partial charge in [-0.05, 0) is 93.1 Å². The standard InChI is InChI=1S/C50H79N5O11S/c1-12-34(6)46(54(9)50(61)44(32(2)3)52-49(60)45(33(4)5)53(8)28-17-21-43(57)58)41(65-10)31-42(56)55-29-16-20-40(55)47(66-11)35(7)48(59)51-38(30-37-18-14-13-15-19-37)25-22-36-23-26-39(27-24-36)67(62,63)64/h13-15,18-19,23-24,26-27,32-35,38,40-41,44-47H,12,16-17,20-22,25,28-31H2,1-11H3,(H,51,59)(H,52,60)(H,57,58)(H,62,63,64)/t34?,35?,38?,40-,41?,44?,45?,46?,47?/m0/s1. The van der Waals surface area contributed by atoms with Crippen molar-refractivity contribution in [2.75, 3.05) is 41.4 Å². The highest BCUT2D eigenvalue weighted by molar-refractivity contribution is 7.85. The van der Waals surface area contributed by atoms with E-state index < -0.39 is 58.4 Å². The number of amides is 4. The molecule has 3 rings (SSSR count). The summed E-state index contributed by atoms with van der Waals surface area (Å²) in [5.74, 6) is -3.07. The Hall–Kier alpha value is -4.42. The molecule has 4 amide bonds. The number of aliphatic carboxylic acids is 1. The molecule has 8 unspecified atom stereocenters. The first-order chi connectivity index (χ1) is 31.5. The Morgan fingerprint density at radius 2 is 1.51 bits per heavy atom. The molecule has 4 N–H and O–H groups in total. The van der Waals surface area contributed by atoms with Crippen LogP contribution in [0.3, 0.4) is 0 Å². The van der Waals surface area contributed by atoms with Crippen LogP contribution in [0.2, 0.25) is 0 Å². The van der Waals surface area contributed by atoms with Gasteiger partial charge in [-0.2, -0.15) is 8.42 Å². The van der Waals surface area contributed by atoms with E-state index in [1.54, 1.807) is 50.1 Å². The summed E-state index contributed by atoms with van der Waals surface area (Å²) in [4.78, 5) is 73.2. The number of carboxylic acid groups (broad SMARTS) is 1. The lowest BCUT2D eigenvalue weighted by Gasteiger charge is -2.41. The SMILES string of the molecule is CCC(C)C(C(CC(=O)N1CCC[C@H]1C(OC)C(C)C(=O)NC(CCc1ccc(S(=O)(=O)O)cc1)Cc1ccccc1)OC)N(C)C(=O)C(NC(=O)C(C(C)C)N(C)CCCC(=O)O)C(C)C. The number of carbonyl (C=O) groups is 5. The fourth-order valence-electron chi connectivity index (χ4n) is 9.53. The number of methoxy groups -OCH3 is 2. The number of likely N-dealkylation sites (N-methyl/N-ethyl adjacent to an activating group) is 2. The number of likely N-dealkylation sites (tertiary alicyclic amines) is 1. The predicted octanol–water partition coefficient (Wildman–Crippen LogP) is 5.48. The van der Waals surface area contributed by atoms with Crippen molar-refractivity contribution < 1.29 is 51.5 Å². The van der Waals surface area contributed by atoms with Crippen molar-refractivity contribution in [3.8, 4) is 0 Å². The molecular formula is C50H79N5O11S. The highest BCUT2D eigenvalue weighted by Gasteiger charge is 2.43. The molecule has 1 saturated heterocycles. The molecule has 0 spiro atoms. The van der Waals surface area contributed by atoms with Gasteiger partial charge >= 0.3 is 5.97 Å². The zero-order chi connectivity index (χ0) is 50.2. The lowest BCUT2D eigenvalue weighted by atomic mass is 9.89. The number of benzene rings is 2. The topological polar surface area (TPSA) is 212 Å². The first-order valence-corrected chi connectivity index (χ1v) is 25.2. The van der Waals surface area contributed by atoms with Crippen LogP contribution in [-0.4, -0.2) is 146 Å². The second kappa shape index (κ2) is 26.9. The molecule has 16 nitrogen and oxygen atoms in total. The van der Waals surface area contributed by atoms with Gasteiger partial charge in [-0.3, -0.25) is 33.4 Å². The molecular weight excluding hydrogens is 879 g/mol. The van der Waals surface area contributed by atoms with Gasteiger partial charge in [-0.15, -0.1) is 0 Å². The Bertz CT molecular complexity index is 2000. The largest absolute Gasteiger partial charge is 0.481 e. The predicted molar refractivity (Wildman–Crippen MR) is 258 cm³/mol. The van der Waals surface area contributed by atoms with Crippen molar-refractivity contribution in [3.05, 3.63) is 65.7 Å². The first-order valence-electron chi connectivity index (χ1n) is 23.8. The molecule has 0 bridgehead atoms. The Morgan fingerprint density at radius 1 is 0.866 bits per heavy atom. The summed E-state index contributed by atoms with van der Waals surface area (Å²) in [5.41, 5.74) is 1.88. The number of aryl methyl sites for hydroxylation is 1. The number of ether oxygens (including phenoxy) is 2. The van der Waals surface area contributed by atoms with Crippen LogP contribution < -0.4 is 10.6 Å². The van der Waals surface area contributed by atoms with Crippen molar-refractivity contribution in [1.29, 1.82) is 0 Å². The summed E-state index contributed by atoms with van der Waals surface area (Å²) in [6, 6.07) is 13.1. The number of carbonyl (C=O) groups excluding carboxylic acids is 4. The molecule has 0 aromatic heterocycles. The Balaban J connectivity index is 1.79. The van der Waals surface area contributed by atoms with Gasteiger partial charge in [0.05, 0.1) is 47.6 Å². The summed E-state index contributed by atoms with van der Waals surface area (Å²) in [7, 11) is 2.24. The zero-order valence-corrected chi connectivity index (χ0v) is 42.5. The van der Waals surface area contributed by atoms with Crippen LogP contribution in [-0.2, 0) is 56.4 Å². The number of carboxylic acids is 1. The molecule has 0 saturated carbocycles. The maximum Gasteiger partial charge on any atom is 0.303 e. The third kappa shape index (κ3) is 16.7.